The van der Waals surface area contributed by atoms with Crippen molar-refractivity contribution in [3.8, 4) is 0 Å². The SMILES string of the molecule is CC1CNCCN1Cc1ccc(C(=O)Nc2ccc(Cl)cc2N2CCN(CCC(F)(F)F)CC2)c(F)c1. The third-order valence-corrected chi connectivity index (χ3v) is 7.17. The molecule has 0 aliphatic carbocycles. The van der Waals surface area contributed by atoms with Gasteiger partial charge in [-0.1, -0.05) is 17.7 Å². The lowest BCUT2D eigenvalue weighted by molar-refractivity contribution is -0.138. The molecule has 0 bridgehead atoms. The predicted octanol–water partition coefficient (Wildman–Crippen LogP) is 4.60. The van der Waals surface area contributed by atoms with Gasteiger partial charge in [0, 0.05) is 70.0 Å². The topological polar surface area (TPSA) is 50.9 Å². The first-order valence-corrected chi connectivity index (χ1v) is 12.8. The molecule has 2 heterocycles. The van der Waals surface area contributed by atoms with E-state index in [9.17, 15) is 22.4 Å². The molecule has 2 fully saturated rings. The van der Waals surface area contributed by atoms with Gasteiger partial charge in [0.1, 0.15) is 5.82 Å². The van der Waals surface area contributed by atoms with Gasteiger partial charge in [0.2, 0.25) is 0 Å². The van der Waals surface area contributed by atoms with Gasteiger partial charge in [-0.05, 0) is 42.8 Å². The number of hydrogen-bond donors (Lipinski definition) is 2. The summed E-state index contributed by atoms with van der Waals surface area (Å²) in [6, 6.07) is 10.0. The minimum atomic E-state index is -4.18. The number of nitrogens with one attached hydrogen (secondary N) is 2. The summed E-state index contributed by atoms with van der Waals surface area (Å²) in [5.74, 6) is -1.17. The fraction of sp³-hybridized carbons (Fsp3) is 0.500. The average Bonchev–Trinajstić information content (AvgIpc) is 2.85. The molecular weight excluding hydrogens is 510 g/mol. The van der Waals surface area contributed by atoms with E-state index in [1.165, 1.54) is 12.1 Å². The van der Waals surface area contributed by atoms with E-state index in [-0.39, 0.29) is 12.1 Å². The van der Waals surface area contributed by atoms with Gasteiger partial charge in [-0.15, -0.1) is 0 Å². The highest BCUT2D eigenvalue weighted by atomic mass is 35.5. The number of hydrogen-bond acceptors (Lipinski definition) is 5. The highest BCUT2D eigenvalue weighted by Gasteiger charge is 2.29. The Morgan fingerprint density at radius 1 is 1.11 bits per heavy atom. The lowest BCUT2D eigenvalue weighted by Crippen LogP contribution is -2.49. The minimum Gasteiger partial charge on any atom is -0.367 e. The zero-order chi connectivity index (χ0) is 26.6. The normalized spacial score (nSPS) is 19.7. The highest BCUT2D eigenvalue weighted by Crippen LogP contribution is 2.31. The van der Waals surface area contributed by atoms with E-state index >= 15 is 0 Å². The first-order chi connectivity index (χ1) is 17.6. The largest absolute Gasteiger partial charge is 0.390 e. The summed E-state index contributed by atoms with van der Waals surface area (Å²) in [5.41, 5.74) is 1.87. The van der Waals surface area contributed by atoms with Gasteiger partial charge in [-0.25, -0.2) is 4.39 Å². The maximum Gasteiger partial charge on any atom is 0.390 e. The van der Waals surface area contributed by atoms with Crippen LogP contribution >= 0.6 is 11.6 Å². The number of alkyl halides is 3. The van der Waals surface area contributed by atoms with Crippen molar-refractivity contribution >= 4 is 28.9 Å². The van der Waals surface area contributed by atoms with Crippen molar-refractivity contribution in [2.75, 3.05) is 62.6 Å². The maximum atomic E-state index is 15.0. The molecule has 11 heteroatoms. The Kier molecular flexibility index (Phi) is 8.94. The Morgan fingerprint density at radius 3 is 2.54 bits per heavy atom. The monoisotopic (exact) mass is 541 g/mol. The average molecular weight is 542 g/mol. The summed E-state index contributed by atoms with van der Waals surface area (Å²) >= 11 is 6.21. The number of amides is 1. The molecule has 2 aliphatic rings. The van der Waals surface area contributed by atoms with Gasteiger partial charge >= 0.3 is 6.18 Å². The van der Waals surface area contributed by atoms with Gasteiger partial charge in [-0.3, -0.25) is 14.6 Å². The molecule has 4 rings (SSSR count). The van der Waals surface area contributed by atoms with E-state index in [1.807, 2.05) is 4.90 Å². The van der Waals surface area contributed by atoms with E-state index in [2.05, 4.69) is 22.5 Å². The van der Waals surface area contributed by atoms with Crippen LogP contribution in [0.2, 0.25) is 5.02 Å². The van der Waals surface area contributed by atoms with Crippen LogP contribution in [0.5, 0.6) is 0 Å². The van der Waals surface area contributed by atoms with E-state index < -0.39 is 24.3 Å². The minimum absolute atomic E-state index is 0.0423. The number of carbonyl (C=O) groups is 1. The second-order valence-electron chi connectivity index (χ2n) is 9.65. The molecule has 2 aliphatic heterocycles. The first-order valence-electron chi connectivity index (χ1n) is 12.5. The zero-order valence-electron chi connectivity index (χ0n) is 20.8. The fourth-order valence-corrected chi connectivity index (χ4v) is 4.92. The molecule has 2 aromatic carbocycles. The molecule has 6 nitrogen and oxygen atoms in total. The van der Waals surface area contributed by atoms with Crippen LogP contribution < -0.4 is 15.5 Å². The molecule has 202 valence electrons. The third kappa shape index (κ3) is 7.56. The summed E-state index contributed by atoms with van der Waals surface area (Å²) in [4.78, 5) is 19.0. The second-order valence-corrected chi connectivity index (χ2v) is 10.1. The lowest BCUT2D eigenvalue weighted by Gasteiger charge is -2.37. The van der Waals surface area contributed by atoms with E-state index in [0.717, 1.165) is 25.2 Å². The molecule has 0 spiro atoms. The smallest absolute Gasteiger partial charge is 0.367 e. The number of piperazine rings is 2. The van der Waals surface area contributed by atoms with Crippen LogP contribution in [0.4, 0.5) is 28.9 Å². The first kappa shape index (κ1) is 27.6. The van der Waals surface area contributed by atoms with Crippen LogP contribution in [0, 0.1) is 5.82 Å². The van der Waals surface area contributed by atoms with Gasteiger partial charge in [0.25, 0.3) is 5.91 Å². The molecule has 1 amide bonds. The lowest BCUT2D eigenvalue weighted by atomic mass is 10.1. The Bertz CT molecular complexity index is 1090. The summed E-state index contributed by atoms with van der Waals surface area (Å²) in [6.45, 7) is 7.21. The van der Waals surface area contributed by atoms with Crippen LogP contribution in [0.15, 0.2) is 36.4 Å². The quantitative estimate of drug-likeness (QED) is 0.502. The number of rotatable bonds is 7. The van der Waals surface area contributed by atoms with Crippen LogP contribution in [0.25, 0.3) is 0 Å². The Balaban J connectivity index is 1.41. The molecule has 0 saturated carbocycles. The molecule has 0 radical (unpaired) electrons. The van der Waals surface area contributed by atoms with Crippen molar-refractivity contribution in [2.24, 2.45) is 0 Å². The Labute approximate surface area is 219 Å². The Hall–Kier alpha value is -2.40. The van der Waals surface area contributed by atoms with Crippen LogP contribution in [0.3, 0.4) is 0 Å². The molecule has 2 aromatic rings. The zero-order valence-corrected chi connectivity index (χ0v) is 21.5. The number of halogens is 5. The second kappa shape index (κ2) is 12.0. The van der Waals surface area contributed by atoms with Crippen molar-refractivity contribution in [1.29, 1.82) is 0 Å². The van der Waals surface area contributed by atoms with E-state index in [0.29, 0.717) is 55.2 Å². The van der Waals surface area contributed by atoms with Crippen molar-refractivity contribution in [1.82, 2.24) is 15.1 Å². The predicted molar refractivity (Wildman–Crippen MR) is 138 cm³/mol. The van der Waals surface area contributed by atoms with Crippen molar-refractivity contribution in [3.05, 3.63) is 58.4 Å². The fourth-order valence-electron chi connectivity index (χ4n) is 4.75. The van der Waals surface area contributed by atoms with Crippen LogP contribution in [-0.4, -0.2) is 80.3 Å². The van der Waals surface area contributed by atoms with Crippen LogP contribution in [0.1, 0.15) is 29.3 Å². The van der Waals surface area contributed by atoms with Crippen LogP contribution in [-0.2, 0) is 6.54 Å². The summed E-state index contributed by atoms with van der Waals surface area (Å²) in [6.07, 6.45) is -5.03. The number of benzene rings is 2. The molecule has 37 heavy (non-hydrogen) atoms. The van der Waals surface area contributed by atoms with Crippen molar-refractivity contribution in [3.63, 3.8) is 0 Å². The highest BCUT2D eigenvalue weighted by molar-refractivity contribution is 6.31. The summed E-state index contributed by atoms with van der Waals surface area (Å²) < 4.78 is 52.6. The molecular formula is C26H32ClF4N5O. The van der Waals surface area contributed by atoms with E-state index in [4.69, 9.17) is 11.6 Å². The summed E-state index contributed by atoms with van der Waals surface area (Å²) in [7, 11) is 0. The van der Waals surface area contributed by atoms with E-state index in [1.54, 1.807) is 29.2 Å². The van der Waals surface area contributed by atoms with Gasteiger partial charge in [-0.2, -0.15) is 13.2 Å². The Morgan fingerprint density at radius 2 is 1.86 bits per heavy atom. The number of anilines is 2. The number of nitrogens with zero attached hydrogens (tertiary/aromatic N) is 3. The molecule has 0 aromatic heterocycles. The van der Waals surface area contributed by atoms with Crippen molar-refractivity contribution < 1.29 is 22.4 Å². The molecule has 2 saturated heterocycles. The molecule has 1 unspecified atom stereocenters. The molecule has 1 atom stereocenters. The van der Waals surface area contributed by atoms with Gasteiger partial charge in [0.15, 0.2) is 0 Å². The van der Waals surface area contributed by atoms with Gasteiger partial charge < -0.3 is 15.5 Å². The van der Waals surface area contributed by atoms with Crippen molar-refractivity contribution in [2.45, 2.75) is 32.1 Å². The summed E-state index contributed by atoms with van der Waals surface area (Å²) in [5, 5.41) is 6.59. The third-order valence-electron chi connectivity index (χ3n) is 6.94. The number of carbonyl (C=O) groups excluding carboxylic acids is 1. The standard InChI is InChI=1S/C26H32ClF4N5O/c1-18-16-32-7-9-36(18)17-19-2-4-21(22(28)14-19)25(37)33-23-5-3-20(27)15-24(23)35-12-10-34(11-13-35)8-6-26(29,30)31/h2-5,14-15,18,32H,6-13,16-17H2,1H3,(H,33,37). The maximum absolute atomic E-state index is 15.0. The van der Waals surface area contributed by atoms with Gasteiger partial charge in [0.05, 0.1) is 23.4 Å². The molecule has 2 N–H and O–H groups in total.